The van der Waals surface area contributed by atoms with E-state index in [4.69, 9.17) is 0 Å². The predicted octanol–water partition coefficient (Wildman–Crippen LogP) is 0.199. The molecule has 2 heterocycles. The van der Waals surface area contributed by atoms with Gasteiger partial charge in [0.1, 0.15) is 6.54 Å². The first kappa shape index (κ1) is 18.5. The van der Waals surface area contributed by atoms with E-state index in [0.717, 1.165) is 5.56 Å². The standard InChI is InChI=1S/C17H22N4O4S/c1-13-5-3-6-14-16(13)18-12-20(17(14)23)11-15(22)19-7-4-8-21(10-9-19)26(2,24)25/h3,5-6,12H,4,7-11H2,1-2H3. The number of carbonyl (C=O) groups is 1. The molecule has 8 nitrogen and oxygen atoms in total. The van der Waals surface area contributed by atoms with Crippen LogP contribution in [0.1, 0.15) is 12.0 Å². The third kappa shape index (κ3) is 3.78. The summed E-state index contributed by atoms with van der Waals surface area (Å²) in [5, 5.41) is 0.486. The van der Waals surface area contributed by atoms with Crippen LogP contribution in [-0.2, 0) is 21.4 Å². The highest BCUT2D eigenvalue weighted by Gasteiger charge is 2.24. The monoisotopic (exact) mass is 378 g/mol. The molecule has 2 aromatic rings. The van der Waals surface area contributed by atoms with E-state index in [0.29, 0.717) is 37.0 Å². The van der Waals surface area contributed by atoms with Crippen LogP contribution in [0.4, 0.5) is 0 Å². The van der Waals surface area contributed by atoms with Crippen LogP contribution >= 0.6 is 0 Å². The molecule has 1 amide bonds. The maximum absolute atomic E-state index is 12.6. The third-order valence-electron chi connectivity index (χ3n) is 4.64. The van der Waals surface area contributed by atoms with Gasteiger partial charge in [0, 0.05) is 26.2 Å². The van der Waals surface area contributed by atoms with E-state index >= 15 is 0 Å². The van der Waals surface area contributed by atoms with Crippen LogP contribution in [0.2, 0.25) is 0 Å². The molecule has 1 aliphatic rings. The highest BCUT2D eigenvalue weighted by atomic mass is 32.2. The summed E-state index contributed by atoms with van der Waals surface area (Å²) in [7, 11) is -3.26. The molecular weight excluding hydrogens is 356 g/mol. The molecule has 1 aliphatic heterocycles. The maximum atomic E-state index is 12.6. The molecule has 0 bridgehead atoms. The zero-order chi connectivity index (χ0) is 18.9. The molecule has 1 aromatic carbocycles. The van der Waals surface area contributed by atoms with E-state index in [9.17, 15) is 18.0 Å². The van der Waals surface area contributed by atoms with E-state index < -0.39 is 10.0 Å². The number of rotatable bonds is 3. The summed E-state index contributed by atoms with van der Waals surface area (Å²) in [5.41, 5.74) is 1.30. The number of nitrogens with zero attached hydrogens (tertiary/aromatic N) is 4. The van der Waals surface area contributed by atoms with Gasteiger partial charge in [-0.05, 0) is 25.0 Å². The van der Waals surface area contributed by atoms with Gasteiger partial charge in [0.15, 0.2) is 0 Å². The van der Waals surface area contributed by atoms with Crippen molar-refractivity contribution in [2.24, 2.45) is 0 Å². The quantitative estimate of drug-likeness (QED) is 0.761. The molecular formula is C17H22N4O4S. The van der Waals surface area contributed by atoms with E-state index in [-0.39, 0.29) is 24.6 Å². The van der Waals surface area contributed by atoms with Crippen LogP contribution in [0.25, 0.3) is 10.9 Å². The fourth-order valence-corrected chi connectivity index (χ4v) is 4.04. The summed E-state index contributed by atoms with van der Waals surface area (Å²) in [6.07, 6.45) is 3.14. The smallest absolute Gasteiger partial charge is 0.261 e. The van der Waals surface area contributed by atoms with Crippen molar-refractivity contribution in [3.63, 3.8) is 0 Å². The first-order valence-corrected chi connectivity index (χ1v) is 10.3. The van der Waals surface area contributed by atoms with Crippen molar-refractivity contribution in [2.45, 2.75) is 19.9 Å². The summed E-state index contributed by atoms with van der Waals surface area (Å²) in [4.78, 5) is 31.1. The minimum absolute atomic E-state index is 0.103. The average molecular weight is 378 g/mol. The molecule has 0 aliphatic carbocycles. The fraction of sp³-hybridized carbons (Fsp3) is 0.471. The topological polar surface area (TPSA) is 92.6 Å². The highest BCUT2D eigenvalue weighted by molar-refractivity contribution is 7.88. The molecule has 26 heavy (non-hydrogen) atoms. The van der Waals surface area contributed by atoms with Crippen molar-refractivity contribution in [3.8, 4) is 0 Å². The summed E-state index contributed by atoms with van der Waals surface area (Å²) in [6.45, 7) is 3.25. The highest BCUT2D eigenvalue weighted by Crippen LogP contribution is 2.12. The minimum atomic E-state index is -3.26. The Bertz CT molecular complexity index is 999. The van der Waals surface area contributed by atoms with Crippen molar-refractivity contribution in [1.29, 1.82) is 0 Å². The Balaban J connectivity index is 1.77. The molecule has 0 atom stereocenters. The van der Waals surface area contributed by atoms with Gasteiger partial charge < -0.3 is 4.90 Å². The number of fused-ring (bicyclic) bond motifs is 1. The molecule has 1 saturated heterocycles. The molecule has 1 fully saturated rings. The number of hydrogen-bond donors (Lipinski definition) is 0. The van der Waals surface area contributed by atoms with E-state index in [1.54, 1.807) is 17.0 Å². The molecule has 0 N–H and O–H groups in total. The van der Waals surface area contributed by atoms with Crippen LogP contribution in [0.5, 0.6) is 0 Å². The predicted molar refractivity (Wildman–Crippen MR) is 98.4 cm³/mol. The molecule has 1 aromatic heterocycles. The number of amides is 1. The van der Waals surface area contributed by atoms with Crippen LogP contribution in [0.3, 0.4) is 0 Å². The second-order valence-corrected chi connectivity index (χ2v) is 8.53. The van der Waals surface area contributed by atoms with Crippen LogP contribution in [0, 0.1) is 6.92 Å². The Labute approximate surface area is 152 Å². The Morgan fingerprint density at radius 1 is 1.19 bits per heavy atom. The van der Waals surface area contributed by atoms with Crippen molar-refractivity contribution in [2.75, 3.05) is 32.4 Å². The zero-order valence-electron chi connectivity index (χ0n) is 14.9. The van der Waals surface area contributed by atoms with Gasteiger partial charge in [0.05, 0.1) is 23.5 Å². The van der Waals surface area contributed by atoms with Crippen molar-refractivity contribution >= 4 is 26.8 Å². The van der Waals surface area contributed by atoms with Crippen molar-refractivity contribution in [1.82, 2.24) is 18.8 Å². The normalized spacial score (nSPS) is 16.6. The second-order valence-electron chi connectivity index (χ2n) is 6.55. The third-order valence-corrected chi connectivity index (χ3v) is 5.94. The summed E-state index contributed by atoms with van der Waals surface area (Å²) < 4.78 is 26.0. The van der Waals surface area contributed by atoms with E-state index in [1.165, 1.54) is 21.5 Å². The van der Waals surface area contributed by atoms with Gasteiger partial charge in [-0.15, -0.1) is 0 Å². The lowest BCUT2D eigenvalue weighted by Crippen LogP contribution is -2.39. The molecule has 0 spiro atoms. The molecule has 0 unspecified atom stereocenters. The minimum Gasteiger partial charge on any atom is -0.340 e. The van der Waals surface area contributed by atoms with Crippen LogP contribution in [0.15, 0.2) is 29.3 Å². The SMILES string of the molecule is Cc1cccc2c(=O)n(CC(=O)N3CCCN(S(C)(=O)=O)CC3)cnc12. The first-order valence-electron chi connectivity index (χ1n) is 8.45. The Morgan fingerprint density at radius 3 is 2.69 bits per heavy atom. The number of carbonyl (C=O) groups excluding carboxylic acids is 1. The molecule has 0 radical (unpaired) electrons. The second kappa shape index (κ2) is 7.16. The van der Waals surface area contributed by atoms with Crippen molar-refractivity contribution < 1.29 is 13.2 Å². The van der Waals surface area contributed by atoms with Gasteiger partial charge in [-0.25, -0.2) is 17.7 Å². The first-order chi connectivity index (χ1) is 12.3. The Kier molecular flexibility index (Phi) is 5.10. The van der Waals surface area contributed by atoms with Gasteiger partial charge in [0.2, 0.25) is 15.9 Å². The molecule has 140 valence electrons. The zero-order valence-corrected chi connectivity index (χ0v) is 15.7. The lowest BCUT2D eigenvalue weighted by Gasteiger charge is -2.21. The van der Waals surface area contributed by atoms with Crippen LogP contribution in [-0.4, -0.2) is 65.5 Å². The number of hydrogen-bond acceptors (Lipinski definition) is 5. The summed E-state index contributed by atoms with van der Waals surface area (Å²) in [5.74, 6) is -0.212. The van der Waals surface area contributed by atoms with E-state index in [2.05, 4.69) is 4.98 Å². The number of aromatic nitrogens is 2. The van der Waals surface area contributed by atoms with Gasteiger partial charge in [0.25, 0.3) is 5.56 Å². The lowest BCUT2D eigenvalue weighted by atomic mass is 10.1. The maximum Gasteiger partial charge on any atom is 0.261 e. The van der Waals surface area contributed by atoms with Gasteiger partial charge >= 0.3 is 0 Å². The number of aryl methyl sites for hydroxylation is 1. The summed E-state index contributed by atoms with van der Waals surface area (Å²) in [6, 6.07) is 5.38. The lowest BCUT2D eigenvalue weighted by molar-refractivity contribution is -0.131. The average Bonchev–Trinajstić information content (AvgIpc) is 2.84. The van der Waals surface area contributed by atoms with Gasteiger partial charge in [-0.2, -0.15) is 0 Å². The van der Waals surface area contributed by atoms with Gasteiger partial charge in [-0.1, -0.05) is 12.1 Å². The molecule has 9 heteroatoms. The van der Waals surface area contributed by atoms with E-state index in [1.807, 2.05) is 13.0 Å². The number of para-hydroxylation sites is 1. The molecule has 3 rings (SSSR count). The number of benzene rings is 1. The van der Waals surface area contributed by atoms with Gasteiger partial charge in [-0.3, -0.25) is 14.2 Å². The fourth-order valence-electron chi connectivity index (χ4n) is 3.17. The largest absolute Gasteiger partial charge is 0.340 e. The van der Waals surface area contributed by atoms with Crippen LogP contribution < -0.4 is 5.56 Å². The Hall–Kier alpha value is -2.26. The Morgan fingerprint density at radius 2 is 1.96 bits per heavy atom. The number of sulfonamides is 1. The van der Waals surface area contributed by atoms with Crippen molar-refractivity contribution in [3.05, 3.63) is 40.4 Å². The molecule has 0 saturated carbocycles. The summed E-state index contributed by atoms with van der Waals surface area (Å²) >= 11 is 0.